The van der Waals surface area contributed by atoms with E-state index in [1.165, 1.54) is 42.5 Å². The molecule has 0 unspecified atom stereocenters. The maximum Gasteiger partial charge on any atom is 0.295 e. The van der Waals surface area contributed by atoms with E-state index in [2.05, 4.69) is 29.2 Å². The Balaban J connectivity index is 1.37. The fourth-order valence-corrected chi connectivity index (χ4v) is 6.20. The van der Waals surface area contributed by atoms with E-state index in [1.54, 1.807) is 35.2 Å². The number of sulfonamides is 1. The smallest absolute Gasteiger partial charge is 0.295 e. The van der Waals surface area contributed by atoms with Crippen molar-refractivity contribution in [3.8, 4) is 5.75 Å². The third-order valence-corrected chi connectivity index (χ3v) is 9.00. The number of hydrogen-bond donors (Lipinski definition) is 1. The lowest BCUT2D eigenvalue weighted by Gasteiger charge is -2.35. The molecule has 13 heteroatoms. The van der Waals surface area contributed by atoms with E-state index in [0.717, 1.165) is 37.1 Å². The number of amides is 2. The first-order chi connectivity index (χ1) is 20.5. The molecule has 0 radical (unpaired) electrons. The van der Waals surface area contributed by atoms with Gasteiger partial charge >= 0.3 is 0 Å². The second kappa shape index (κ2) is 14.9. The zero-order valence-corrected chi connectivity index (χ0v) is 26.4. The summed E-state index contributed by atoms with van der Waals surface area (Å²) in [6.45, 7) is 4.71. The van der Waals surface area contributed by atoms with Gasteiger partial charge in [0.2, 0.25) is 5.91 Å². The van der Waals surface area contributed by atoms with Gasteiger partial charge in [-0.1, -0.05) is 45.9 Å². The van der Waals surface area contributed by atoms with E-state index < -0.39 is 15.9 Å². The van der Waals surface area contributed by atoms with Gasteiger partial charge in [-0.05, 0) is 88.2 Å². The molecule has 1 N–H and O–H groups in total. The van der Waals surface area contributed by atoms with Gasteiger partial charge in [0.15, 0.2) is 5.75 Å². The monoisotopic (exact) mass is 647 g/mol. The Morgan fingerprint density at radius 2 is 1.60 bits per heavy atom. The van der Waals surface area contributed by atoms with Crippen LogP contribution in [0.25, 0.3) is 0 Å². The molecule has 0 atom stereocenters. The number of halogens is 2. The van der Waals surface area contributed by atoms with E-state index in [1.807, 2.05) is 0 Å². The van der Waals surface area contributed by atoms with Crippen molar-refractivity contribution >= 4 is 50.7 Å². The van der Waals surface area contributed by atoms with Crippen LogP contribution >= 0.6 is 23.2 Å². The summed E-state index contributed by atoms with van der Waals surface area (Å²) in [5, 5.41) is 3.15. The highest BCUT2D eigenvalue weighted by Crippen LogP contribution is 2.32. The number of rotatable bonds is 12. The van der Waals surface area contributed by atoms with Crippen LogP contribution in [-0.2, 0) is 14.8 Å². The third-order valence-electron chi connectivity index (χ3n) is 6.88. The second-order valence-electron chi connectivity index (χ2n) is 10.3. The Hall–Kier alpha value is -3.35. The van der Waals surface area contributed by atoms with Crippen LogP contribution in [0.4, 0.5) is 5.69 Å². The summed E-state index contributed by atoms with van der Waals surface area (Å²) in [7, 11) is -0.152. The molecule has 1 heterocycles. The van der Waals surface area contributed by atoms with Crippen LogP contribution in [0.3, 0.4) is 0 Å². The van der Waals surface area contributed by atoms with Gasteiger partial charge in [0.25, 0.3) is 15.9 Å². The van der Waals surface area contributed by atoms with Crippen molar-refractivity contribution in [3.05, 3.63) is 88.4 Å². The van der Waals surface area contributed by atoms with E-state index in [9.17, 15) is 18.0 Å². The molecule has 2 amide bonds. The lowest BCUT2D eigenvalue weighted by atomic mass is 10.2. The molecule has 0 aromatic heterocycles. The number of para-hydroxylation sites is 1. The first-order valence-electron chi connectivity index (χ1n) is 13.8. The summed E-state index contributed by atoms with van der Waals surface area (Å²) in [6.07, 6.45) is 1.07. The largest absolute Gasteiger partial charge is 0.363 e. The van der Waals surface area contributed by atoms with E-state index in [-0.39, 0.29) is 39.4 Å². The Labute approximate surface area is 262 Å². The first kappa shape index (κ1) is 32.6. The quantitative estimate of drug-likeness (QED) is 0.296. The van der Waals surface area contributed by atoms with Gasteiger partial charge in [-0.3, -0.25) is 14.5 Å². The molecule has 10 nitrogen and oxygen atoms in total. The average Bonchev–Trinajstić information content (AvgIpc) is 3.00. The highest BCUT2D eigenvalue weighted by atomic mass is 35.5. The van der Waals surface area contributed by atoms with Gasteiger partial charge in [-0.25, -0.2) is 0 Å². The Morgan fingerprint density at radius 3 is 2.23 bits per heavy atom. The van der Waals surface area contributed by atoms with Crippen LogP contribution in [0.2, 0.25) is 10.0 Å². The van der Waals surface area contributed by atoms with E-state index in [0.29, 0.717) is 18.1 Å². The Morgan fingerprint density at radius 1 is 0.930 bits per heavy atom. The lowest BCUT2D eigenvalue weighted by Crippen LogP contribution is -2.51. The summed E-state index contributed by atoms with van der Waals surface area (Å²) in [5.74, 6) is -0.550. The van der Waals surface area contributed by atoms with Crippen molar-refractivity contribution in [2.24, 2.45) is 0 Å². The summed E-state index contributed by atoms with van der Waals surface area (Å²) >= 11 is 12.2. The van der Waals surface area contributed by atoms with Crippen LogP contribution in [0.1, 0.15) is 16.8 Å². The minimum atomic E-state index is -4.26. The van der Waals surface area contributed by atoms with Gasteiger partial charge in [-0.15, -0.1) is 0 Å². The highest BCUT2D eigenvalue weighted by Gasteiger charge is 2.29. The second-order valence-corrected chi connectivity index (χ2v) is 12.9. The molecule has 3 aromatic rings. The first-order valence-corrected chi connectivity index (χ1v) is 16.0. The summed E-state index contributed by atoms with van der Waals surface area (Å²) in [4.78, 5) is 37.4. The minimum Gasteiger partial charge on any atom is -0.363 e. The third kappa shape index (κ3) is 8.84. The normalized spacial score (nSPS) is 14.0. The van der Waals surface area contributed by atoms with Crippen molar-refractivity contribution in [2.45, 2.75) is 11.3 Å². The van der Waals surface area contributed by atoms with Crippen LogP contribution in [0, 0.1) is 0 Å². The van der Waals surface area contributed by atoms with Crippen LogP contribution in [-0.4, -0.2) is 94.8 Å². The van der Waals surface area contributed by atoms with Crippen LogP contribution in [0.5, 0.6) is 5.75 Å². The van der Waals surface area contributed by atoms with Crippen molar-refractivity contribution < 1.29 is 22.8 Å². The molecule has 0 aliphatic carbocycles. The Bertz CT molecular complexity index is 1500. The van der Waals surface area contributed by atoms with Crippen molar-refractivity contribution in [3.63, 3.8) is 0 Å². The molecule has 1 saturated heterocycles. The minimum absolute atomic E-state index is 0.0879. The number of hydrogen-bond acceptors (Lipinski definition) is 7. The highest BCUT2D eigenvalue weighted by molar-refractivity contribution is 7.92. The Kier molecular flexibility index (Phi) is 11.3. The lowest BCUT2D eigenvalue weighted by molar-refractivity contribution is -0.131. The van der Waals surface area contributed by atoms with E-state index >= 15 is 0 Å². The number of carbonyl (C=O) groups excluding carboxylic acids is 2. The fraction of sp³-hybridized carbons (Fsp3) is 0.333. The number of benzene rings is 3. The van der Waals surface area contributed by atoms with Crippen molar-refractivity contribution in [2.75, 3.05) is 64.4 Å². The van der Waals surface area contributed by atoms with Crippen molar-refractivity contribution in [1.82, 2.24) is 20.0 Å². The average molecular weight is 649 g/mol. The number of piperazine rings is 1. The van der Waals surface area contributed by atoms with Gasteiger partial charge in [0.05, 0.1) is 22.2 Å². The summed E-state index contributed by atoms with van der Waals surface area (Å²) in [5.41, 5.74) is 0.452. The van der Waals surface area contributed by atoms with E-state index in [4.69, 9.17) is 28.0 Å². The molecule has 1 aliphatic heterocycles. The summed E-state index contributed by atoms with van der Waals surface area (Å²) < 4.78 is 28.1. The topological polar surface area (TPSA) is 102 Å². The molecular formula is C30H35Cl2N5O5S. The van der Waals surface area contributed by atoms with Gasteiger partial charge in [-0.2, -0.15) is 8.42 Å². The molecule has 4 rings (SSSR count). The molecule has 0 bridgehead atoms. The van der Waals surface area contributed by atoms with Crippen molar-refractivity contribution in [1.29, 1.82) is 0 Å². The standard InChI is InChI=1S/C30H35Cl2N5O5S/c1-34(2)15-6-16-35-17-19-36(20-18-35)29(38)22-33-30(39)23-9-12-26(13-10-23)43(40,41)37(25-7-4-3-5-8-25)42-28-14-11-24(31)21-27(28)32/h3-5,7-14,21H,6,15-20,22H2,1-2H3,(H,33,39). The molecule has 1 aliphatic rings. The SMILES string of the molecule is CN(C)CCCN1CCN(C(=O)CNC(=O)c2ccc(S(=O)(=O)N(Oc3ccc(Cl)cc3Cl)c3ccccc3)cc2)CC1. The zero-order valence-electron chi connectivity index (χ0n) is 24.1. The summed E-state index contributed by atoms with van der Waals surface area (Å²) in [6, 6.07) is 18.1. The predicted octanol–water partition coefficient (Wildman–Crippen LogP) is 4.01. The molecular weight excluding hydrogens is 613 g/mol. The molecule has 0 spiro atoms. The maximum atomic E-state index is 13.7. The molecule has 3 aromatic carbocycles. The van der Waals surface area contributed by atoms with Crippen LogP contribution in [0.15, 0.2) is 77.7 Å². The maximum absolute atomic E-state index is 13.7. The number of anilines is 1. The van der Waals surface area contributed by atoms with Gasteiger partial charge < -0.3 is 20.0 Å². The molecule has 230 valence electrons. The zero-order chi connectivity index (χ0) is 31.0. The molecule has 1 fully saturated rings. The molecule has 43 heavy (non-hydrogen) atoms. The molecule has 0 saturated carbocycles. The number of nitrogens with zero attached hydrogens (tertiary/aromatic N) is 4. The van der Waals surface area contributed by atoms with Gasteiger partial charge in [0, 0.05) is 36.8 Å². The van der Waals surface area contributed by atoms with Crippen LogP contribution < -0.4 is 14.6 Å². The van der Waals surface area contributed by atoms with Gasteiger partial charge in [0.1, 0.15) is 0 Å². The fourth-order valence-electron chi connectivity index (χ4n) is 4.50. The predicted molar refractivity (Wildman–Crippen MR) is 168 cm³/mol. The number of carbonyl (C=O) groups is 2. The number of nitrogens with one attached hydrogen (secondary N) is 1.